The third kappa shape index (κ3) is 4.47. The number of rotatable bonds is 4. The van der Waals surface area contributed by atoms with Gasteiger partial charge in [0.1, 0.15) is 4.53 Å². The fourth-order valence-electron chi connectivity index (χ4n) is 2.43. The van der Waals surface area contributed by atoms with Crippen LogP contribution in [0, 0.1) is 0 Å². The molecule has 1 N–H and O–H groups in total. The lowest BCUT2D eigenvalue weighted by Crippen LogP contribution is -2.34. The van der Waals surface area contributed by atoms with Crippen LogP contribution < -0.4 is 20.2 Å². The summed E-state index contributed by atoms with van der Waals surface area (Å²) in [6, 6.07) is 6.37. The maximum Gasteiger partial charge on any atom is 0.338 e. The van der Waals surface area contributed by atoms with Gasteiger partial charge in [-0.15, -0.1) is 17.0 Å². The number of hydrogen-bond donors (Lipinski definition) is 1. The summed E-state index contributed by atoms with van der Waals surface area (Å²) in [6.45, 7) is 3.39. The molecule has 0 radical (unpaired) electrons. The molecule has 2 aromatic rings. The summed E-state index contributed by atoms with van der Waals surface area (Å²) < 4.78 is 6.86. The Hall–Kier alpha value is -2.26. The quantitative estimate of drug-likeness (QED) is 0.722. The van der Waals surface area contributed by atoms with Crippen LogP contribution in [0.3, 0.4) is 0 Å². The van der Waals surface area contributed by atoms with Crippen molar-refractivity contribution >= 4 is 52.0 Å². The van der Waals surface area contributed by atoms with Gasteiger partial charge in [-0.25, -0.2) is 4.79 Å². The lowest BCUT2D eigenvalue weighted by Gasteiger charge is -2.04. The average Bonchev–Trinajstić information content (AvgIpc) is 2.92. The molecule has 0 spiro atoms. The van der Waals surface area contributed by atoms with Crippen molar-refractivity contribution in [1.29, 1.82) is 0 Å². The highest BCUT2D eigenvalue weighted by Gasteiger charge is 2.10. The summed E-state index contributed by atoms with van der Waals surface area (Å²) in [5, 5.41) is 2.68. The van der Waals surface area contributed by atoms with Crippen LogP contribution in [0.5, 0.6) is 0 Å². The molecule has 3 rings (SSSR count). The number of carbonyl (C=O) groups is 2. The van der Waals surface area contributed by atoms with Crippen molar-refractivity contribution in [3.05, 3.63) is 49.5 Å². The highest BCUT2D eigenvalue weighted by Crippen LogP contribution is 2.10. The van der Waals surface area contributed by atoms with E-state index in [0.29, 0.717) is 40.3 Å². The zero-order valence-electron chi connectivity index (χ0n) is 14.1. The molecule has 1 aliphatic rings. The number of amides is 1. The van der Waals surface area contributed by atoms with Crippen molar-refractivity contribution in [3.63, 3.8) is 0 Å². The van der Waals surface area contributed by atoms with Gasteiger partial charge in [0.15, 0.2) is 4.80 Å². The zero-order valence-corrected chi connectivity index (χ0v) is 16.6. The Balaban J connectivity index is 0.00000243. The molecule has 1 amide bonds. The maximum atomic E-state index is 12.2. The van der Waals surface area contributed by atoms with Crippen LogP contribution in [-0.2, 0) is 16.1 Å². The van der Waals surface area contributed by atoms with Crippen molar-refractivity contribution in [2.24, 2.45) is 4.99 Å². The molecule has 1 aliphatic heterocycles. The van der Waals surface area contributed by atoms with Crippen LogP contribution in [0.15, 0.2) is 34.1 Å². The minimum atomic E-state index is -0.409. The van der Waals surface area contributed by atoms with Crippen molar-refractivity contribution in [3.8, 4) is 0 Å². The monoisotopic (exact) mass is 439 g/mol. The number of esters is 1. The van der Waals surface area contributed by atoms with Gasteiger partial charge in [0.2, 0.25) is 5.91 Å². The molecule has 0 saturated heterocycles. The number of aromatic nitrogens is 1. The number of halogens is 1. The first-order valence-electron chi connectivity index (χ1n) is 7.92. The van der Waals surface area contributed by atoms with Crippen LogP contribution in [0.4, 0.5) is 5.69 Å². The van der Waals surface area contributed by atoms with Gasteiger partial charge >= 0.3 is 5.97 Å². The second kappa shape index (κ2) is 8.91. The maximum absolute atomic E-state index is 12.2. The highest BCUT2D eigenvalue weighted by molar-refractivity contribution is 8.93. The van der Waals surface area contributed by atoms with Gasteiger partial charge < -0.3 is 10.1 Å². The Kier molecular flexibility index (Phi) is 6.87. The number of thiazole rings is 1. The number of hydrogen-bond acceptors (Lipinski definition) is 6. The van der Waals surface area contributed by atoms with Crippen LogP contribution in [-0.4, -0.2) is 29.6 Å². The van der Waals surface area contributed by atoms with Gasteiger partial charge in [0, 0.05) is 24.9 Å². The predicted molar refractivity (Wildman–Crippen MR) is 105 cm³/mol. The van der Waals surface area contributed by atoms with Crippen LogP contribution in [0.1, 0.15) is 23.7 Å². The minimum Gasteiger partial charge on any atom is -0.462 e. The molecule has 1 aromatic carbocycles. The standard InChI is InChI=1S/C17H17N3O4S.BrH/c1-2-24-16(23)11-4-6-12(7-5-11)19-14(21)10-13-15(22)20-9-3-8-18-17(20)25-13;/h4-7,10H,2-3,8-9H2,1H3,(H,19,21);1H/b13-10-;. The van der Waals surface area contributed by atoms with Crippen LogP contribution >= 0.6 is 28.3 Å². The topological polar surface area (TPSA) is 89.8 Å². The van der Waals surface area contributed by atoms with E-state index in [4.69, 9.17) is 4.74 Å². The second-order valence-electron chi connectivity index (χ2n) is 5.37. The summed E-state index contributed by atoms with van der Waals surface area (Å²) in [4.78, 5) is 40.9. The molecule has 138 valence electrons. The largest absolute Gasteiger partial charge is 0.462 e. The van der Waals surface area contributed by atoms with E-state index in [1.165, 1.54) is 17.4 Å². The van der Waals surface area contributed by atoms with Crippen LogP contribution in [0.25, 0.3) is 6.08 Å². The van der Waals surface area contributed by atoms with E-state index in [1.54, 1.807) is 35.8 Å². The lowest BCUT2D eigenvalue weighted by atomic mass is 10.2. The molecular weight excluding hydrogens is 422 g/mol. The van der Waals surface area contributed by atoms with Gasteiger partial charge in [-0.3, -0.25) is 19.1 Å². The smallest absolute Gasteiger partial charge is 0.338 e. The summed E-state index contributed by atoms with van der Waals surface area (Å²) in [5.74, 6) is -0.812. The third-order valence-corrected chi connectivity index (χ3v) is 4.65. The van der Waals surface area contributed by atoms with E-state index in [9.17, 15) is 14.4 Å². The average molecular weight is 440 g/mol. The number of benzene rings is 1. The number of ether oxygens (including phenoxy) is 1. The summed E-state index contributed by atoms with van der Waals surface area (Å²) in [6.07, 6.45) is 2.12. The number of nitrogens with one attached hydrogen (secondary N) is 1. The molecular formula is C17H18BrN3O4S. The first kappa shape index (κ1) is 20.1. The van der Waals surface area contributed by atoms with E-state index >= 15 is 0 Å². The van der Waals surface area contributed by atoms with Gasteiger partial charge in [-0.1, -0.05) is 11.3 Å². The van der Waals surface area contributed by atoms with E-state index in [2.05, 4.69) is 10.3 Å². The first-order chi connectivity index (χ1) is 12.1. The van der Waals surface area contributed by atoms with E-state index in [0.717, 1.165) is 6.42 Å². The Bertz CT molecular complexity index is 979. The van der Waals surface area contributed by atoms with Crippen molar-refractivity contribution in [2.45, 2.75) is 19.9 Å². The summed E-state index contributed by atoms with van der Waals surface area (Å²) >= 11 is 1.22. The number of nitrogens with zero attached hydrogens (tertiary/aromatic N) is 2. The van der Waals surface area contributed by atoms with Gasteiger partial charge in [0.05, 0.1) is 12.2 Å². The fourth-order valence-corrected chi connectivity index (χ4v) is 3.43. The normalized spacial score (nSPS) is 13.2. The number of anilines is 1. The van der Waals surface area contributed by atoms with Crippen molar-refractivity contribution < 1.29 is 14.3 Å². The summed E-state index contributed by atoms with van der Waals surface area (Å²) in [5.41, 5.74) is 0.756. The SMILES string of the molecule is Br.CCOC(=O)c1ccc(NC(=O)/C=c2\sc3n(c2=O)CCCN=3)cc1. The fraction of sp³-hybridized carbons (Fsp3) is 0.294. The molecule has 2 heterocycles. The van der Waals surface area contributed by atoms with E-state index < -0.39 is 11.9 Å². The highest BCUT2D eigenvalue weighted by atomic mass is 79.9. The van der Waals surface area contributed by atoms with Crippen molar-refractivity contribution in [2.75, 3.05) is 18.5 Å². The number of fused-ring (bicyclic) bond motifs is 1. The molecule has 0 unspecified atom stereocenters. The van der Waals surface area contributed by atoms with Crippen LogP contribution in [0.2, 0.25) is 0 Å². The molecule has 26 heavy (non-hydrogen) atoms. The molecule has 0 saturated carbocycles. The molecule has 0 atom stereocenters. The van der Waals surface area contributed by atoms with E-state index in [1.807, 2.05) is 0 Å². The Morgan fingerprint density at radius 1 is 1.35 bits per heavy atom. The molecule has 1 aromatic heterocycles. The first-order valence-corrected chi connectivity index (χ1v) is 8.74. The molecule has 9 heteroatoms. The Labute approximate surface area is 163 Å². The lowest BCUT2D eigenvalue weighted by molar-refractivity contribution is -0.110. The Morgan fingerprint density at radius 3 is 2.73 bits per heavy atom. The molecule has 0 bridgehead atoms. The number of carbonyl (C=O) groups excluding carboxylic acids is 2. The molecule has 0 aliphatic carbocycles. The minimum absolute atomic E-state index is 0. The van der Waals surface area contributed by atoms with Gasteiger partial charge in [-0.2, -0.15) is 0 Å². The summed E-state index contributed by atoms with van der Waals surface area (Å²) in [7, 11) is 0. The zero-order chi connectivity index (χ0) is 17.8. The predicted octanol–water partition coefficient (Wildman–Crippen LogP) is 1.11. The Morgan fingerprint density at radius 2 is 2.08 bits per heavy atom. The third-order valence-electron chi connectivity index (χ3n) is 3.60. The molecule has 7 nitrogen and oxygen atoms in total. The van der Waals surface area contributed by atoms with Crippen molar-refractivity contribution in [1.82, 2.24) is 4.57 Å². The van der Waals surface area contributed by atoms with Gasteiger partial charge in [-0.05, 0) is 37.6 Å². The molecule has 0 fully saturated rings. The van der Waals surface area contributed by atoms with E-state index in [-0.39, 0.29) is 22.5 Å². The van der Waals surface area contributed by atoms with Gasteiger partial charge in [0.25, 0.3) is 5.56 Å². The second-order valence-corrected chi connectivity index (χ2v) is 6.38.